The third-order valence-corrected chi connectivity index (χ3v) is 6.26. The topological polar surface area (TPSA) is 44.0 Å². The molecule has 1 fully saturated rings. The molecule has 1 rings (SSSR count). The van der Waals surface area contributed by atoms with Gasteiger partial charge < -0.3 is 5.11 Å². The first-order chi connectivity index (χ1) is 4.98. The van der Waals surface area contributed by atoms with E-state index in [0.717, 1.165) is 6.42 Å². The predicted octanol–water partition coefficient (Wildman–Crippen LogP) is 1.60. The second-order valence-electron chi connectivity index (χ2n) is 4.42. The summed E-state index contributed by atoms with van der Waals surface area (Å²) in [6, 6.07) is 2.40. The van der Waals surface area contributed by atoms with Crippen molar-refractivity contribution in [3.8, 4) is 6.07 Å². The van der Waals surface area contributed by atoms with Gasteiger partial charge in [0.15, 0.2) is 0 Å². The lowest BCUT2D eigenvalue weighted by molar-refractivity contribution is 0.273. The molecule has 62 valence electrons. The molecule has 2 atom stereocenters. The van der Waals surface area contributed by atoms with Gasteiger partial charge in [-0.15, -0.1) is 0 Å². The van der Waals surface area contributed by atoms with Crippen LogP contribution in [0.15, 0.2) is 0 Å². The van der Waals surface area contributed by atoms with E-state index >= 15 is 0 Å². The van der Waals surface area contributed by atoms with Gasteiger partial charge in [0.2, 0.25) is 0 Å². The highest BCUT2D eigenvalue weighted by Crippen LogP contribution is 2.64. The summed E-state index contributed by atoms with van der Waals surface area (Å²) in [6.45, 7) is 6.79. The molecule has 2 nitrogen and oxygen atoms in total. The van der Waals surface area contributed by atoms with Gasteiger partial charge in [0, 0.05) is 6.61 Å². The normalized spacial score (nSPS) is 36.5. The Morgan fingerprint density at radius 3 is 2.27 bits per heavy atom. The smallest absolute Gasteiger partial charge is 0.0684 e. The minimum Gasteiger partial charge on any atom is -0.396 e. The molecule has 0 spiro atoms. The molecule has 0 aromatic carbocycles. The second kappa shape index (κ2) is 2.33. The van der Waals surface area contributed by atoms with Gasteiger partial charge in [-0.2, -0.15) is 5.26 Å². The van der Waals surface area contributed by atoms with Crippen LogP contribution in [0.1, 0.15) is 6.42 Å². The monoisotopic (exact) mass is 169 g/mol. The zero-order valence-corrected chi connectivity index (χ0v) is 8.39. The van der Waals surface area contributed by atoms with Crippen LogP contribution in [-0.2, 0) is 0 Å². The van der Waals surface area contributed by atoms with Crippen LogP contribution in [0.2, 0.25) is 24.7 Å². The first-order valence-corrected chi connectivity index (χ1v) is 7.50. The average Bonchev–Trinajstić information content (AvgIpc) is 2.60. The summed E-state index contributed by atoms with van der Waals surface area (Å²) in [5, 5.41) is 17.8. The first kappa shape index (κ1) is 8.76. The quantitative estimate of drug-likeness (QED) is 0.638. The molecule has 0 aromatic rings. The molecule has 1 N–H and O–H groups in total. The molecule has 1 aliphatic rings. The van der Waals surface area contributed by atoms with Crippen molar-refractivity contribution in [2.24, 2.45) is 5.92 Å². The molecule has 1 aliphatic carbocycles. The summed E-state index contributed by atoms with van der Waals surface area (Å²) < 4.78 is 0. The fourth-order valence-corrected chi connectivity index (χ4v) is 4.28. The minimum atomic E-state index is -1.38. The molecular formula is C8H15NOSi. The molecule has 0 aliphatic heterocycles. The van der Waals surface area contributed by atoms with E-state index in [1.54, 1.807) is 0 Å². The maximum Gasteiger partial charge on any atom is 0.0684 e. The highest BCUT2D eigenvalue weighted by molar-refractivity contribution is 6.80. The summed E-state index contributed by atoms with van der Waals surface area (Å²) >= 11 is 0. The molecule has 3 heteroatoms. The van der Waals surface area contributed by atoms with Gasteiger partial charge in [-0.1, -0.05) is 19.6 Å². The number of nitrogens with zero attached hydrogens (tertiary/aromatic N) is 1. The zero-order chi connectivity index (χ0) is 8.70. The van der Waals surface area contributed by atoms with Crippen LogP contribution in [0.25, 0.3) is 0 Å². The van der Waals surface area contributed by atoms with E-state index < -0.39 is 8.07 Å². The Hall–Kier alpha value is -0.333. The fourth-order valence-electron chi connectivity index (χ4n) is 1.77. The number of rotatable bonds is 2. The molecule has 11 heavy (non-hydrogen) atoms. The maximum absolute atomic E-state index is 8.97. The van der Waals surface area contributed by atoms with Gasteiger partial charge in [0.25, 0.3) is 0 Å². The Balaban J connectivity index is 2.77. The van der Waals surface area contributed by atoms with Crippen LogP contribution in [-0.4, -0.2) is 19.8 Å². The largest absolute Gasteiger partial charge is 0.396 e. The van der Waals surface area contributed by atoms with Gasteiger partial charge in [0.05, 0.1) is 19.2 Å². The van der Waals surface area contributed by atoms with Gasteiger partial charge >= 0.3 is 0 Å². The molecule has 1 saturated carbocycles. The standard InChI is InChI=1S/C8H15NOSi/c1-11(2,3)8(6-9)4-7(8)5-10/h7,10H,4-5H2,1-3H3/t7-,8+/m1/s1. The van der Waals surface area contributed by atoms with Crippen LogP contribution < -0.4 is 0 Å². The molecule has 0 radical (unpaired) electrons. The third kappa shape index (κ3) is 1.11. The molecule has 0 amide bonds. The summed E-state index contributed by atoms with van der Waals surface area (Å²) in [7, 11) is -1.38. The number of hydrogen-bond donors (Lipinski definition) is 1. The summed E-state index contributed by atoms with van der Waals surface area (Å²) in [4.78, 5) is 0. The van der Waals surface area contributed by atoms with E-state index in [0.29, 0.717) is 0 Å². The van der Waals surface area contributed by atoms with Crippen molar-refractivity contribution in [2.45, 2.75) is 31.1 Å². The van der Waals surface area contributed by atoms with Crippen molar-refractivity contribution in [3.63, 3.8) is 0 Å². The summed E-state index contributed by atoms with van der Waals surface area (Å²) in [5.41, 5.74) is 0. The second-order valence-corrected chi connectivity index (χ2v) is 9.81. The molecule has 0 aromatic heterocycles. The Bertz CT molecular complexity index is 203. The van der Waals surface area contributed by atoms with E-state index in [2.05, 4.69) is 25.7 Å². The maximum atomic E-state index is 8.97. The van der Waals surface area contributed by atoms with Crippen LogP contribution in [0.5, 0.6) is 0 Å². The van der Waals surface area contributed by atoms with Crippen molar-refractivity contribution in [3.05, 3.63) is 0 Å². The predicted molar refractivity (Wildman–Crippen MR) is 46.8 cm³/mol. The zero-order valence-electron chi connectivity index (χ0n) is 7.39. The Morgan fingerprint density at radius 1 is 1.64 bits per heavy atom. The van der Waals surface area contributed by atoms with Gasteiger partial charge in [0.1, 0.15) is 0 Å². The molecular weight excluding hydrogens is 154 g/mol. The van der Waals surface area contributed by atoms with Gasteiger partial charge in [-0.3, -0.25) is 0 Å². The fraction of sp³-hybridized carbons (Fsp3) is 0.875. The third-order valence-electron chi connectivity index (χ3n) is 2.86. The van der Waals surface area contributed by atoms with E-state index in [1.807, 2.05) is 0 Å². The van der Waals surface area contributed by atoms with Crippen LogP contribution >= 0.6 is 0 Å². The first-order valence-electron chi connectivity index (χ1n) is 4.00. The number of aliphatic hydroxyl groups is 1. The molecule has 0 bridgehead atoms. The highest BCUT2D eigenvalue weighted by Gasteiger charge is 2.62. The Labute approximate surface area is 68.9 Å². The average molecular weight is 169 g/mol. The van der Waals surface area contributed by atoms with Gasteiger partial charge in [-0.25, -0.2) is 0 Å². The SMILES string of the molecule is C[Si](C)(C)[C@]1(C#N)C[C@@H]1CO. The lowest BCUT2D eigenvalue weighted by Crippen LogP contribution is -2.30. The van der Waals surface area contributed by atoms with Crippen molar-refractivity contribution in [1.29, 1.82) is 5.26 Å². The molecule has 0 heterocycles. The lowest BCUT2D eigenvalue weighted by atomic mass is 10.3. The summed E-state index contributed by atoms with van der Waals surface area (Å²) in [6.07, 6.45) is 0.926. The van der Waals surface area contributed by atoms with E-state index in [4.69, 9.17) is 10.4 Å². The van der Waals surface area contributed by atoms with Crippen molar-refractivity contribution < 1.29 is 5.11 Å². The van der Waals surface area contributed by atoms with E-state index in [1.165, 1.54) is 0 Å². The Kier molecular flexibility index (Phi) is 1.85. The van der Waals surface area contributed by atoms with Crippen LogP contribution in [0.3, 0.4) is 0 Å². The van der Waals surface area contributed by atoms with Gasteiger partial charge in [-0.05, 0) is 12.3 Å². The number of aliphatic hydroxyl groups excluding tert-OH is 1. The van der Waals surface area contributed by atoms with E-state index in [-0.39, 0.29) is 17.6 Å². The lowest BCUT2D eigenvalue weighted by Gasteiger charge is -2.22. The molecule has 0 saturated heterocycles. The van der Waals surface area contributed by atoms with Crippen molar-refractivity contribution >= 4 is 8.07 Å². The Morgan fingerprint density at radius 2 is 2.18 bits per heavy atom. The van der Waals surface area contributed by atoms with Crippen molar-refractivity contribution in [1.82, 2.24) is 0 Å². The highest BCUT2D eigenvalue weighted by atomic mass is 28.3. The summed E-state index contributed by atoms with van der Waals surface area (Å²) in [5.74, 6) is 0.277. The number of nitriles is 1. The van der Waals surface area contributed by atoms with Crippen LogP contribution in [0, 0.1) is 17.2 Å². The van der Waals surface area contributed by atoms with Crippen molar-refractivity contribution in [2.75, 3.05) is 6.61 Å². The number of hydrogen-bond acceptors (Lipinski definition) is 2. The van der Waals surface area contributed by atoms with E-state index in [9.17, 15) is 0 Å². The van der Waals surface area contributed by atoms with Crippen LogP contribution in [0.4, 0.5) is 0 Å². The minimum absolute atomic E-state index is 0.109. The molecule has 0 unspecified atom stereocenters.